The van der Waals surface area contributed by atoms with Gasteiger partial charge in [-0.25, -0.2) is 0 Å². The summed E-state index contributed by atoms with van der Waals surface area (Å²) in [7, 11) is 0. The predicted octanol–water partition coefficient (Wildman–Crippen LogP) is 0.936. The lowest BCUT2D eigenvalue weighted by Crippen LogP contribution is -2.36. The number of carbonyl (C=O) groups is 1. The fourth-order valence-electron chi connectivity index (χ4n) is 1.92. The zero-order chi connectivity index (χ0) is 9.97. The second kappa shape index (κ2) is 3.82. The Morgan fingerprint density at radius 2 is 2.36 bits per heavy atom. The highest BCUT2D eigenvalue weighted by Gasteiger charge is 2.22. The quantitative estimate of drug-likeness (QED) is 0.719. The molecule has 1 radical (unpaired) electrons. The van der Waals surface area contributed by atoms with E-state index < -0.39 is 0 Å². The van der Waals surface area contributed by atoms with Crippen LogP contribution in [0.1, 0.15) is 31.4 Å². The van der Waals surface area contributed by atoms with E-state index in [0.717, 1.165) is 31.6 Å². The largest absolute Gasteiger partial charge is 0.343 e. The fraction of sp³-hybridized carbons (Fsp3) is 0.600. The molecule has 0 unspecified atom stereocenters. The van der Waals surface area contributed by atoms with Crippen LogP contribution in [0.3, 0.4) is 0 Å². The van der Waals surface area contributed by atoms with Crippen LogP contribution in [0.25, 0.3) is 0 Å². The van der Waals surface area contributed by atoms with Gasteiger partial charge in [0, 0.05) is 38.2 Å². The summed E-state index contributed by atoms with van der Waals surface area (Å²) >= 11 is 0. The van der Waals surface area contributed by atoms with Gasteiger partial charge in [-0.15, -0.1) is 0 Å². The molecule has 4 nitrogen and oxygen atoms in total. The molecule has 14 heavy (non-hydrogen) atoms. The number of likely N-dealkylation sites (tertiary alicyclic amines) is 1. The topological polar surface area (TPSA) is 49.0 Å². The van der Waals surface area contributed by atoms with Crippen molar-refractivity contribution in [1.29, 1.82) is 0 Å². The average Bonchev–Trinajstić information content (AvgIpc) is 2.71. The Morgan fingerprint density at radius 3 is 2.86 bits per heavy atom. The van der Waals surface area contributed by atoms with Crippen molar-refractivity contribution in [3.8, 4) is 0 Å². The van der Waals surface area contributed by atoms with Gasteiger partial charge in [0.2, 0.25) is 5.91 Å². The molecule has 0 saturated carbocycles. The van der Waals surface area contributed by atoms with Crippen molar-refractivity contribution in [1.82, 2.24) is 15.1 Å². The zero-order valence-electron chi connectivity index (χ0n) is 8.29. The van der Waals surface area contributed by atoms with Crippen LogP contribution in [0.4, 0.5) is 0 Å². The fourth-order valence-corrected chi connectivity index (χ4v) is 1.92. The maximum absolute atomic E-state index is 11.1. The van der Waals surface area contributed by atoms with E-state index >= 15 is 0 Å². The van der Waals surface area contributed by atoms with E-state index in [1.165, 1.54) is 0 Å². The third-order valence-electron chi connectivity index (χ3n) is 2.80. The number of H-pyrrole nitrogens is 1. The summed E-state index contributed by atoms with van der Waals surface area (Å²) in [6.45, 7) is 3.32. The second-order valence-corrected chi connectivity index (χ2v) is 3.70. The molecule has 1 fully saturated rings. The number of piperidine rings is 1. The summed E-state index contributed by atoms with van der Waals surface area (Å²) in [5.74, 6) is 0.645. The summed E-state index contributed by atoms with van der Waals surface area (Å²) < 4.78 is 0. The van der Waals surface area contributed by atoms with Crippen LogP contribution >= 0.6 is 0 Å². The Balaban J connectivity index is 1.93. The molecule has 1 aromatic rings. The van der Waals surface area contributed by atoms with Gasteiger partial charge >= 0.3 is 0 Å². The molecule has 4 heteroatoms. The molecule has 1 aliphatic heterocycles. The number of aromatic amines is 1. The molecule has 0 aliphatic carbocycles. The van der Waals surface area contributed by atoms with Gasteiger partial charge in [0.05, 0.1) is 5.69 Å². The van der Waals surface area contributed by atoms with Gasteiger partial charge in [-0.3, -0.25) is 9.89 Å². The molecular weight excluding hydrogens is 178 g/mol. The van der Waals surface area contributed by atoms with Crippen molar-refractivity contribution in [2.75, 3.05) is 13.1 Å². The zero-order valence-corrected chi connectivity index (χ0v) is 8.29. The number of carbonyl (C=O) groups excluding carboxylic acids is 1. The van der Waals surface area contributed by atoms with E-state index in [-0.39, 0.29) is 5.91 Å². The predicted molar refractivity (Wildman–Crippen MR) is 51.7 cm³/mol. The minimum Gasteiger partial charge on any atom is -0.343 e. The summed E-state index contributed by atoms with van der Waals surface area (Å²) in [4.78, 5) is 13.0. The molecule has 2 rings (SSSR count). The van der Waals surface area contributed by atoms with Crippen LogP contribution in [-0.2, 0) is 4.79 Å². The Labute approximate surface area is 83.3 Å². The Kier molecular flexibility index (Phi) is 2.52. The summed E-state index contributed by atoms with van der Waals surface area (Å²) in [6, 6.07) is 3.08. The molecule has 0 atom stereocenters. The number of nitrogens with one attached hydrogen (secondary N) is 1. The monoisotopic (exact) mass is 192 g/mol. The minimum absolute atomic E-state index is 0.175. The van der Waals surface area contributed by atoms with E-state index in [4.69, 9.17) is 0 Å². The first-order valence-corrected chi connectivity index (χ1v) is 4.94. The third-order valence-corrected chi connectivity index (χ3v) is 2.80. The third kappa shape index (κ3) is 1.78. The first-order valence-electron chi connectivity index (χ1n) is 4.94. The normalized spacial score (nSPS) is 18.5. The van der Waals surface area contributed by atoms with Crippen molar-refractivity contribution in [2.45, 2.75) is 25.7 Å². The molecule has 75 valence electrons. The van der Waals surface area contributed by atoms with Gasteiger partial charge in [-0.2, -0.15) is 5.10 Å². The lowest BCUT2D eigenvalue weighted by molar-refractivity contribution is -0.129. The molecule has 1 N–H and O–H groups in total. The highest BCUT2D eigenvalue weighted by atomic mass is 16.2. The second-order valence-electron chi connectivity index (χ2n) is 3.70. The molecule has 0 aromatic carbocycles. The molecule has 2 heterocycles. The molecule has 1 amide bonds. The highest BCUT2D eigenvalue weighted by Crippen LogP contribution is 2.25. The molecule has 1 aliphatic rings. The number of hydrogen-bond donors (Lipinski definition) is 1. The number of nitrogens with zero attached hydrogens (tertiary/aromatic N) is 2. The summed E-state index contributed by atoms with van der Waals surface area (Å²) in [5, 5.41) is 6.90. The summed E-state index contributed by atoms with van der Waals surface area (Å²) in [6.07, 6.45) is 3.73. The van der Waals surface area contributed by atoms with E-state index in [1.807, 2.05) is 4.90 Å². The van der Waals surface area contributed by atoms with Gasteiger partial charge in [-0.1, -0.05) is 0 Å². The SMILES string of the molecule is CC(=O)N1CCC(c2[c]c[nH]n2)CC1. The number of amides is 1. The Morgan fingerprint density at radius 1 is 1.64 bits per heavy atom. The van der Waals surface area contributed by atoms with Gasteiger partial charge < -0.3 is 4.90 Å². The van der Waals surface area contributed by atoms with Crippen molar-refractivity contribution >= 4 is 5.91 Å². The number of aromatic nitrogens is 2. The smallest absolute Gasteiger partial charge is 0.219 e. The lowest BCUT2D eigenvalue weighted by Gasteiger charge is -2.30. The molecular formula is C10H14N3O. The van der Waals surface area contributed by atoms with Crippen molar-refractivity contribution in [3.63, 3.8) is 0 Å². The van der Waals surface area contributed by atoms with Crippen molar-refractivity contribution in [3.05, 3.63) is 18.0 Å². The van der Waals surface area contributed by atoms with Crippen LogP contribution < -0.4 is 0 Å². The maximum atomic E-state index is 11.1. The molecule has 0 bridgehead atoms. The first kappa shape index (κ1) is 9.24. The standard InChI is InChI=1S/C10H14N3O/c1-8(14)13-6-3-9(4-7-13)10-2-5-11-12-10/h5,9H,3-4,6-7H2,1H3,(H,11,12). The van der Waals surface area contributed by atoms with Crippen molar-refractivity contribution < 1.29 is 4.79 Å². The van der Waals surface area contributed by atoms with Crippen LogP contribution in [0, 0.1) is 6.07 Å². The van der Waals surface area contributed by atoms with E-state index in [0.29, 0.717) is 5.92 Å². The van der Waals surface area contributed by atoms with Gasteiger partial charge in [0.25, 0.3) is 0 Å². The van der Waals surface area contributed by atoms with Crippen LogP contribution in [0.5, 0.6) is 0 Å². The van der Waals surface area contributed by atoms with E-state index in [9.17, 15) is 4.79 Å². The van der Waals surface area contributed by atoms with E-state index in [2.05, 4.69) is 16.3 Å². The molecule has 0 spiro atoms. The van der Waals surface area contributed by atoms with E-state index in [1.54, 1.807) is 13.1 Å². The van der Waals surface area contributed by atoms with Crippen LogP contribution in [-0.4, -0.2) is 34.1 Å². The summed E-state index contributed by atoms with van der Waals surface area (Å²) in [5.41, 5.74) is 1.01. The van der Waals surface area contributed by atoms with Gasteiger partial charge in [0.15, 0.2) is 0 Å². The van der Waals surface area contributed by atoms with Gasteiger partial charge in [-0.05, 0) is 12.8 Å². The van der Waals surface area contributed by atoms with Gasteiger partial charge in [0.1, 0.15) is 0 Å². The lowest BCUT2D eigenvalue weighted by atomic mass is 9.94. The Hall–Kier alpha value is -1.32. The Bertz CT molecular complexity index is 299. The minimum atomic E-state index is 0.175. The molecule has 1 aromatic heterocycles. The number of rotatable bonds is 1. The van der Waals surface area contributed by atoms with Crippen molar-refractivity contribution in [2.24, 2.45) is 0 Å². The maximum Gasteiger partial charge on any atom is 0.219 e. The highest BCUT2D eigenvalue weighted by molar-refractivity contribution is 5.73. The molecule has 1 saturated heterocycles. The van der Waals surface area contributed by atoms with Crippen LogP contribution in [0.15, 0.2) is 6.20 Å². The number of hydrogen-bond acceptors (Lipinski definition) is 2. The average molecular weight is 192 g/mol. The first-order chi connectivity index (χ1) is 6.77. The van der Waals surface area contributed by atoms with Crippen LogP contribution in [0.2, 0.25) is 0 Å².